The molecule has 0 spiro atoms. The first-order chi connectivity index (χ1) is 11.7. The number of thioether (sulfide) groups is 1. The number of nitrogens with zero attached hydrogens (tertiary/aromatic N) is 1. The summed E-state index contributed by atoms with van der Waals surface area (Å²) >= 11 is 4.51. The van der Waals surface area contributed by atoms with E-state index in [4.69, 9.17) is 0 Å². The van der Waals surface area contributed by atoms with E-state index in [1.807, 2.05) is 35.0 Å². The second kappa shape index (κ2) is 7.65. The van der Waals surface area contributed by atoms with Crippen LogP contribution in [0.15, 0.2) is 40.2 Å². The van der Waals surface area contributed by atoms with Gasteiger partial charge in [-0.3, -0.25) is 10.1 Å². The normalized spacial score (nSPS) is 10.5. The molecular weight excluding hydrogens is 364 g/mol. The highest BCUT2D eigenvalue weighted by atomic mass is 32.2. The lowest BCUT2D eigenvalue weighted by Gasteiger charge is -2.01. The van der Waals surface area contributed by atoms with Crippen molar-refractivity contribution < 1.29 is 9.59 Å². The van der Waals surface area contributed by atoms with Gasteiger partial charge in [-0.15, -0.1) is 22.7 Å². The van der Waals surface area contributed by atoms with Crippen molar-refractivity contribution in [2.45, 2.75) is 5.16 Å². The van der Waals surface area contributed by atoms with Gasteiger partial charge >= 0.3 is 6.03 Å². The maximum absolute atomic E-state index is 11.7. The Morgan fingerprint density at radius 3 is 2.54 bits per heavy atom. The SMILES string of the molecule is CNC(=O)NC(=O)CSc1nc(-c2cccs2)c(-c2cccs2)[nH]1. The largest absolute Gasteiger partial charge is 0.341 e. The first-order valence-corrected chi connectivity index (χ1v) is 9.74. The van der Waals surface area contributed by atoms with Crippen molar-refractivity contribution in [3.63, 3.8) is 0 Å². The van der Waals surface area contributed by atoms with Crippen LogP contribution in [0.3, 0.4) is 0 Å². The van der Waals surface area contributed by atoms with E-state index in [-0.39, 0.29) is 11.7 Å². The first-order valence-electron chi connectivity index (χ1n) is 6.99. The molecule has 3 rings (SSSR count). The minimum Gasteiger partial charge on any atom is -0.341 e. The van der Waals surface area contributed by atoms with Crippen LogP contribution < -0.4 is 10.6 Å². The van der Waals surface area contributed by atoms with Crippen molar-refractivity contribution in [2.24, 2.45) is 0 Å². The van der Waals surface area contributed by atoms with E-state index < -0.39 is 6.03 Å². The molecule has 0 bridgehead atoms. The number of nitrogens with one attached hydrogen (secondary N) is 3. The highest BCUT2D eigenvalue weighted by Gasteiger charge is 2.17. The molecule has 0 fully saturated rings. The molecule has 0 unspecified atom stereocenters. The van der Waals surface area contributed by atoms with Gasteiger partial charge in [-0.1, -0.05) is 23.9 Å². The molecule has 3 aromatic heterocycles. The maximum atomic E-state index is 11.7. The predicted molar refractivity (Wildman–Crippen MR) is 98.5 cm³/mol. The monoisotopic (exact) mass is 378 g/mol. The Morgan fingerprint density at radius 1 is 1.21 bits per heavy atom. The van der Waals surface area contributed by atoms with E-state index in [1.165, 1.54) is 18.8 Å². The summed E-state index contributed by atoms with van der Waals surface area (Å²) in [6, 6.07) is 7.50. The van der Waals surface area contributed by atoms with Crippen LogP contribution in [0.5, 0.6) is 0 Å². The van der Waals surface area contributed by atoms with Gasteiger partial charge in [0, 0.05) is 7.05 Å². The summed E-state index contributed by atoms with van der Waals surface area (Å²) in [5, 5.41) is 9.24. The summed E-state index contributed by atoms with van der Waals surface area (Å²) in [7, 11) is 1.46. The van der Waals surface area contributed by atoms with Crippen LogP contribution in [0.25, 0.3) is 21.1 Å². The van der Waals surface area contributed by atoms with Crippen molar-refractivity contribution in [3.05, 3.63) is 35.0 Å². The minimum atomic E-state index is -0.515. The Morgan fingerprint density at radius 2 is 1.92 bits per heavy atom. The Balaban J connectivity index is 1.79. The first kappa shape index (κ1) is 16.7. The standard InChI is InChI=1S/C15H14N4O2S3/c1-16-14(21)17-11(20)8-24-15-18-12(9-4-2-6-22-9)13(19-15)10-5-3-7-23-10/h2-7H,8H2,1H3,(H,18,19)(H2,16,17,20,21). The van der Waals surface area contributed by atoms with Gasteiger partial charge in [-0.25, -0.2) is 9.78 Å². The van der Waals surface area contributed by atoms with E-state index in [0.717, 1.165) is 21.1 Å². The lowest BCUT2D eigenvalue weighted by molar-refractivity contribution is -0.117. The maximum Gasteiger partial charge on any atom is 0.321 e. The van der Waals surface area contributed by atoms with Crippen LogP contribution in [-0.4, -0.2) is 34.7 Å². The molecule has 0 atom stereocenters. The van der Waals surface area contributed by atoms with Crippen LogP contribution in [0.4, 0.5) is 4.79 Å². The third-order valence-electron chi connectivity index (χ3n) is 3.02. The van der Waals surface area contributed by atoms with Gasteiger partial charge in [-0.05, 0) is 22.9 Å². The van der Waals surface area contributed by atoms with Gasteiger partial charge in [0.1, 0.15) is 5.69 Å². The van der Waals surface area contributed by atoms with Gasteiger partial charge in [0.15, 0.2) is 5.16 Å². The second-order valence-electron chi connectivity index (χ2n) is 4.64. The zero-order chi connectivity index (χ0) is 16.9. The van der Waals surface area contributed by atoms with Crippen LogP contribution in [-0.2, 0) is 4.79 Å². The fourth-order valence-electron chi connectivity index (χ4n) is 1.97. The van der Waals surface area contributed by atoms with Crippen LogP contribution >= 0.6 is 34.4 Å². The number of rotatable bonds is 5. The van der Waals surface area contributed by atoms with Crippen molar-refractivity contribution in [3.8, 4) is 21.1 Å². The van der Waals surface area contributed by atoms with Gasteiger partial charge in [-0.2, -0.15) is 0 Å². The zero-order valence-electron chi connectivity index (χ0n) is 12.7. The van der Waals surface area contributed by atoms with E-state index >= 15 is 0 Å². The van der Waals surface area contributed by atoms with Crippen molar-refractivity contribution in [2.75, 3.05) is 12.8 Å². The highest BCUT2D eigenvalue weighted by molar-refractivity contribution is 7.99. The Labute approximate surface area is 150 Å². The minimum absolute atomic E-state index is 0.106. The molecule has 6 nitrogen and oxygen atoms in total. The average Bonchev–Trinajstić information content (AvgIpc) is 3.32. The summed E-state index contributed by atoms with van der Waals surface area (Å²) in [6.45, 7) is 0. The summed E-state index contributed by atoms with van der Waals surface area (Å²) < 4.78 is 0. The molecule has 0 radical (unpaired) electrons. The molecule has 0 saturated heterocycles. The lowest BCUT2D eigenvalue weighted by atomic mass is 10.2. The third kappa shape index (κ3) is 3.86. The smallest absolute Gasteiger partial charge is 0.321 e. The number of imide groups is 1. The molecule has 0 aliphatic rings. The molecule has 0 aromatic carbocycles. The molecule has 124 valence electrons. The van der Waals surface area contributed by atoms with E-state index in [1.54, 1.807) is 22.7 Å². The Bertz CT molecular complexity index is 773. The second-order valence-corrected chi connectivity index (χ2v) is 7.50. The van der Waals surface area contributed by atoms with E-state index in [2.05, 4.69) is 20.6 Å². The van der Waals surface area contributed by atoms with Crippen molar-refractivity contribution in [1.29, 1.82) is 0 Å². The van der Waals surface area contributed by atoms with E-state index in [0.29, 0.717) is 5.16 Å². The van der Waals surface area contributed by atoms with Gasteiger partial charge in [0.25, 0.3) is 0 Å². The molecule has 9 heteroatoms. The molecule has 0 aliphatic carbocycles. The topological polar surface area (TPSA) is 86.9 Å². The summed E-state index contributed by atoms with van der Waals surface area (Å²) in [4.78, 5) is 32.9. The average molecular weight is 379 g/mol. The fraction of sp³-hybridized carbons (Fsp3) is 0.133. The van der Waals surface area contributed by atoms with Gasteiger partial charge in [0.05, 0.1) is 21.2 Å². The van der Waals surface area contributed by atoms with Gasteiger partial charge in [0.2, 0.25) is 5.91 Å². The van der Waals surface area contributed by atoms with Crippen LogP contribution in [0.2, 0.25) is 0 Å². The van der Waals surface area contributed by atoms with Crippen LogP contribution in [0.1, 0.15) is 0 Å². The Hall–Kier alpha value is -2.10. The molecular formula is C15H14N4O2S3. The molecule has 0 saturated carbocycles. The van der Waals surface area contributed by atoms with Gasteiger partial charge < -0.3 is 10.3 Å². The molecule has 0 aliphatic heterocycles. The molecule has 3 N–H and O–H groups in total. The predicted octanol–water partition coefficient (Wildman–Crippen LogP) is 3.41. The number of aromatic nitrogens is 2. The molecule has 3 aromatic rings. The number of aromatic amines is 1. The highest BCUT2D eigenvalue weighted by Crippen LogP contribution is 2.36. The molecule has 3 amide bonds. The zero-order valence-corrected chi connectivity index (χ0v) is 15.1. The fourth-order valence-corrected chi connectivity index (χ4v) is 4.09. The summed E-state index contributed by atoms with van der Waals surface area (Å²) in [6.07, 6.45) is 0. The number of hydrogen-bond acceptors (Lipinski definition) is 6. The van der Waals surface area contributed by atoms with Crippen LogP contribution in [0, 0.1) is 0 Å². The number of H-pyrrole nitrogens is 1. The van der Waals surface area contributed by atoms with Crippen molar-refractivity contribution in [1.82, 2.24) is 20.6 Å². The number of hydrogen-bond donors (Lipinski definition) is 3. The third-order valence-corrected chi connectivity index (χ3v) is 5.66. The Kier molecular flexibility index (Phi) is 5.34. The number of thiophene rings is 2. The quantitative estimate of drug-likeness (QED) is 0.594. The molecule has 24 heavy (non-hydrogen) atoms. The lowest BCUT2D eigenvalue weighted by Crippen LogP contribution is -2.38. The molecule has 3 heterocycles. The number of carbonyl (C=O) groups is 2. The summed E-state index contributed by atoms with van der Waals surface area (Å²) in [5.74, 6) is -0.264. The number of carbonyl (C=O) groups excluding carboxylic acids is 2. The number of amides is 3. The number of imidazole rings is 1. The summed E-state index contributed by atoms with van der Waals surface area (Å²) in [5.41, 5.74) is 1.82. The number of urea groups is 1. The van der Waals surface area contributed by atoms with Crippen molar-refractivity contribution >= 4 is 46.4 Å². The van der Waals surface area contributed by atoms with E-state index in [9.17, 15) is 9.59 Å².